The van der Waals surface area contributed by atoms with E-state index in [0.29, 0.717) is 24.9 Å². The van der Waals surface area contributed by atoms with Crippen molar-refractivity contribution >= 4 is 11.8 Å². The summed E-state index contributed by atoms with van der Waals surface area (Å²) in [7, 11) is 0. The van der Waals surface area contributed by atoms with Crippen LogP contribution in [-0.2, 0) is 9.59 Å². The fraction of sp³-hybridized carbons (Fsp3) is 0.611. The van der Waals surface area contributed by atoms with Gasteiger partial charge in [-0.2, -0.15) is 0 Å². The highest BCUT2D eigenvalue weighted by molar-refractivity contribution is 5.90. The van der Waals surface area contributed by atoms with Crippen molar-refractivity contribution in [2.45, 2.75) is 44.7 Å². The summed E-state index contributed by atoms with van der Waals surface area (Å²) < 4.78 is 0. The molecule has 3 heterocycles. The first kappa shape index (κ1) is 14.7. The molecule has 0 unspecified atom stereocenters. The first-order valence-electron chi connectivity index (χ1n) is 8.69. The van der Waals surface area contributed by atoms with E-state index in [-0.39, 0.29) is 23.8 Å². The highest BCUT2D eigenvalue weighted by Crippen LogP contribution is 2.43. The van der Waals surface area contributed by atoms with Crippen LogP contribution in [0.1, 0.15) is 44.2 Å². The molecule has 3 aliphatic rings. The molecule has 0 radical (unpaired) electrons. The van der Waals surface area contributed by atoms with E-state index in [4.69, 9.17) is 0 Å². The lowest BCUT2D eigenvalue weighted by Crippen LogP contribution is -2.43. The van der Waals surface area contributed by atoms with E-state index in [0.717, 1.165) is 24.9 Å². The number of aromatic nitrogens is 1. The minimum Gasteiger partial charge on any atom is -0.339 e. The van der Waals surface area contributed by atoms with Crippen LogP contribution in [0.5, 0.6) is 0 Å². The number of piperidine rings is 1. The molecule has 4 atom stereocenters. The van der Waals surface area contributed by atoms with Gasteiger partial charge in [-0.25, -0.2) is 0 Å². The summed E-state index contributed by atoms with van der Waals surface area (Å²) in [6.07, 6.45) is 7.40. The average Bonchev–Trinajstić information content (AvgIpc) is 3.28. The van der Waals surface area contributed by atoms with Gasteiger partial charge in [0.05, 0.1) is 12.0 Å². The zero-order valence-corrected chi connectivity index (χ0v) is 13.5. The van der Waals surface area contributed by atoms with Gasteiger partial charge in [0.2, 0.25) is 11.8 Å². The van der Waals surface area contributed by atoms with E-state index in [9.17, 15) is 9.59 Å². The molecule has 1 aromatic heterocycles. The van der Waals surface area contributed by atoms with Crippen molar-refractivity contribution in [3.63, 3.8) is 0 Å². The Kier molecular flexibility index (Phi) is 3.58. The molecule has 0 N–H and O–H groups in total. The monoisotopic (exact) mass is 313 g/mol. The Morgan fingerprint density at radius 1 is 1.39 bits per heavy atom. The van der Waals surface area contributed by atoms with Gasteiger partial charge in [-0.15, -0.1) is 0 Å². The maximum atomic E-state index is 13.2. The van der Waals surface area contributed by atoms with Gasteiger partial charge < -0.3 is 9.80 Å². The summed E-state index contributed by atoms with van der Waals surface area (Å²) in [5.74, 6) is 0.686. The molecule has 1 aliphatic carbocycles. The molecule has 2 aliphatic heterocycles. The summed E-state index contributed by atoms with van der Waals surface area (Å²) in [6.45, 7) is 3.50. The molecule has 1 aromatic rings. The minimum atomic E-state index is -0.258. The highest BCUT2D eigenvalue weighted by Gasteiger charge is 2.49. The molecule has 4 rings (SSSR count). The van der Waals surface area contributed by atoms with Crippen LogP contribution in [0.15, 0.2) is 24.5 Å². The first-order chi connectivity index (χ1) is 11.2. The summed E-state index contributed by atoms with van der Waals surface area (Å²) in [6, 6.07) is 4.11. The van der Waals surface area contributed by atoms with Gasteiger partial charge in [-0.05, 0) is 43.7 Å². The van der Waals surface area contributed by atoms with Gasteiger partial charge >= 0.3 is 0 Å². The number of carbonyl (C=O) groups excluding carboxylic acids is 2. The van der Waals surface area contributed by atoms with Gasteiger partial charge in [-0.3, -0.25) is 14.6 Å². The maximum Gasteiger partial charge on any atom is 0.228 e. The van der Waals surface area contributed by atoms with E-state index in [1.807, 2.05) is 24.0 Å². The number of rotatable bonds is 3. The van der Waals surface area contributed by atoms with Crippen molar-refractivity contribution in [2.75, 3.05) is 13.1 Å². The van der Waals surface area contributed by atoms with Gasteiger partial charge in [0.25, 0.3) is 0 Å². The SMILES string of the molecule is CCN1C(=O)C[C@H](C(=O)N2C[C@H]3CC[C@@H]2C3)[C@H]1c1cccnc1. The maximum absolute atomic E-state index is 13.2. The van der Waals surface area contributed by atoms with E-state index in [1.54, 1.807) is 12.4 Å². The Hall–Kier alpha value is -1.91. The Bertz CT molecular complexity index is 618. The second kappa shape index (κ2) is 5.62. The first-order valence-corrected chi connectivity index (χ1v) is 8.69. The average molecular weight is 313 g/mol. The molecule has 0 aromatic carbocycles. The molecule has 0 spiro atoms. The van der Waals surface area contributed by atoms with E-state index in [1.165, 1.54) is 6.42 Å². The number of carbonyl (C=O) groups is 2. The van der Waals surface area contributed by atoms with Crippen molar-refractivity contribution < 1.29 is 9.59 Å². The standard InChI is InChI=1S/C18H23N3O2/c1-2-20-16(22)9-15(17(20)13-4-3-7-19-10-13)18(23)21-11-12-5-6-14(21)8-12/h3-4,7,10,12,14-15,17H,2,5-6,8-9,11H2,1H3/t12-,14+,15-,17+/m0/s1. The second-order valence-corrected chi connectivity index (χ2v) is 7.05. The lowest BCUT2D eigenvalue weighted by atomic mass is 9.92. The lowest BCUT2D eigenvalue weighted by Gasteiger charge is -2.33. The summed E-state index contributed by atoms with van der Waals surface area (Å²) in [5, 5.41) is 0. The van der Waals surface area contributed by atoms with Crippen molar-refractivity contribution in [2.24, 2.45) is 11.8 Å². The molecule has 2 bridgehead atoms. The third-order valence-electron chi connectivity index (χ3n) is 5.81. The van der Waals surface area contributed by atoms with Crippen LogP contribution in [0.25, 0.3) is 0 Å². The number of nitrogens with zero attached hydrogens (tertiary/aromatic N) is 3. The highest BCUT2D eigenvalue weighted by atomic mass is 16.2. The van der Waals surface area contributed by atoms with Crippen LogP contribution >= 0.6 is 0 Å². The molecule has 1 saturated carbocycles. The quantitative estimate of drug-likeness (QED) is 0.857. The molecule has 23 heavy (non-hydrogen) atoms. The molecular formula is C18H23N3O2. The molecule has 3 fully saturated rings. The molecule has 2 saturated heterocycles. The zero-order chi connectivity index (χ0) is 16.0. The summed E-state index contributed by atoms with van der Waals surface area (Å²) >= 11 is 0. The fourth-order valence-corrected chi connectivity index (χ4v) is 4.76. The molecule has 2 amide bonds. The second-order valence-electron chi connectivity index (χ2n) is 7.05. The van der Waals surface area contributed by atoms with Crippen LogP contribution in [0.4, 0.5) is 0 Å². The zero-order valence-electron chi connectivity index (χ0n) is 13.5. The molecule has 122 valence electrons. The van der Waals surface area contributed by atoms with Crippen LogP contribution < -0.4 is 0 Å². The predicted molar refractivity (Wildman–Crippen MR) is 85.3 cm³/mol. The van der Waals surface area contributed by atoms with Crippen molar-refractivity contribution in [3.8, 4) is 0 Å². The summed E-state index contributed by atoms with van der Waals surface area (Å²) in [4.78, 5) is 33.7. The predicted octanol–water partition coefficient (Wildman–Crippen LogP) is 2.00. The summed E-state index contributed by atoms with van der Waals surface area (Å²) in [5.41, 5.74) is 0.975. The normalized spacial score (nSPS) is 32.8. The Balaban J connectivity index is 1.63. The number of hydrogen-bond donors (Lipinski definition) is 0. The van der Waals surface area contributed by atoms with E-state index >= 15 is 0 Å². The van der Waals surface area contributed by atoms with Crippen molar-refractivity contribution in [1.82, 2.24) is 14.8 Å². The van der Waals surface area contributed by atoms with E-state index in [2.05, 4.69) is 9.88 Å². The van der Waals surface area contributed by atoms with Crippen molar-refractivity contribution in [3.05, 3.63) is 30.1 Å². The molecule has 5 nitrogen and oxygen atoms in total. The fourth-order valence-electron chi connectivity index (χ4n) is 4.76. The van der Waals surface area contributed by atoms with Crippen LogP contribution in [0, 0.1) is 11.8 Å². The lowest BCUT2D eigenvalue weighted by molar-refractivity contribution is -0.138. The number of hydrogen-bond acceptors (Lipinski definition) is 3. The number of pyridine rings is 1. The number of amides is 2. The van der Waals surface area contributed by atoms with Gasteiger partial charge in [0.1, 0.15) is 0 Å². The van der Waals surface area contributed by atoms with Crippen LogP contribution in [-0.4, -0.2) is 45.7 Å². The molecular weight excluding hydrogens is 290 g/mol. The van der Waals surface area contributed by atoms with Gasteiger partial charge in [0.15, 0.2) is 0 Å². The minimum absolute atomic E-state index is 0.0871. The molecule has 5 heteroatoms. The Morgan fingerprint density at radius 3 is 2.87 bits per heavy atom. The van der Waals surface area contributed by atoms with Gasteiger partial charge in [0, 0.05) is 37.9 Å². The van der Waals surface area contributed by atoms with Crippen LogP contribution in [0.2, 0.25) is 0 Å². The third-order valence-corrected chi connectivity index (χ3v) is 5.81. The van der Waals surface area contributed by atoms with E-state index < -0.39 is 0 Å². The van der Waals surface area contributed by atoms with Gasteiger partial charge in [-0.1, -0.05) is 6.07 Å². The van der Waals surface area contributed by atoms with Crippen LogP contribution in [0.3, 0.4) is 0 Å². The number of likely N-dealkylation sites (tertiary alicyclic amines) is 2. The Labute approximate surface area is 136 Å². The number of fused-ring (bicyclic) bond motifs is 2. The smallest absolute Gasteiger partial charge is 0.228 e. The van der Waals surface area contributed by atoms with Crippen molar-refractivity contribution in [1.29, 1.82) is 0 Å². The topological polar surface area (TPSA) is 53.5 Å². The largest absolute Gasteiger partial charge is 0.339 e. The third kappa shape index (κ3) is 2.33. The Morgan fingerprint density at radius 2 is 2.26 bits per heavy atom.